The van der Waals surface area contributed by atoms with Crippen molar-refractivity contribution in [1.29, 1.82) is 0 Å². The maximum Gasteiger partial charge on any atom is 0.418 e. The lowest BCUT2D eigenvalue weighted by atomic mass is 9.88. The Bertz CT molecular complexity index is 3610. The molecule has 0 aromatic heterocycles. The molecule has 21 heteroatoms. The molecule has 6 aromatic carbocycles. The van der Waals surface area contributed by atoms with Crippen molar-refractivity contribution >= 4 is 69.1 Å². The van der Waals surface area contributed by atoms with Crippen LogP contribution in [0.3, 0.4) is 0 Å². The highest BCUT2D eigenvalue weighted by Crippen LogP contribution is 2.40. The number of para-hydroxylation sites is 11. The third kappa shape index (κ3) is 20.6. The van der Waals surface area contributed by atoms with Gasteiger partial charge in [0.2, 0.25) is 23.6 Å². The molecule has 0 atom stereocenters. The molecule has 3 heterocycles. The zero-order valence-electron chi connectivity index (χ0n) is 60.5. The van der Waals surface area contributed by atoms with Crippen molar-refractivity contribution in [3.8, 4) is 17.2 Å². The molecule has 102 heavy (non-hydrogen) atoms. The number of hydrogen-bond donors (Lipinski definition) is 2. The standard InChI is InChI=1S/C28H38N4O3.C27H34F3N3O2.C26H36N4O2/c1-22(33)29-24-12-6-7-13-25(24)32(28(34)23-10-4-3-5-11-23)21-18-30-16-19-31(20-17-30)26-14-8-9-15-27(26)35-2;1-35-25-14-8-7-13-24(25)32-18-15-31(16-19-32)17-20-33(26(34)21-9-3-2-4-10-21)23-12-6-5-11-22(23)27(28,29)30;1-32-25-14-8-7-13-24(25)29-18-15-28(16-19-29)17-20-30(23-12-6-5-11-22(23)27)26(31)21-9-3-2-4-10-21/h6-9,12-15,23H,3-5,10-11,16-21H2,1-2H3,(H,29,33);5-8,11-14,21H,2-4,9-10,15-20H2,1H3;5-8,11-14,21H,2-4,9-10,15-20,27H2,1H3. The third-order valence-electron chi connectivity index (χ3n) is 21.2. The largest absolute Gasteiger partial charge is 0.495 e. The van der Waals surface area contributed by atoms with Gasteiger partial charge in [0.1, 0.15) is 17.2 Å². The van der Waals surface area contributed by atoms with Gasteiger partial charge in [-0.1, -0.05) is 131 Å². The minimum Gasteiger partial charge on any atom is -0.495 e. The van der Waals surface area contributed by atoms with E-state index in [9.17, 15) is 32.3 Å². The van der Waals surface area contributed by atoms with Crippen LogP contribution in [0.15, 0.2) is 146 Å². The van der Waals surface area contributed by atoms with E-state index in [0.29, 0.717) is 31.0 Å². The lowest BCUT2D eigenvalue weighted by Crippen LogP contribution is -2.50. The summed E-state index contributed by atoms with van der Waals surface area (Å²) in [5.74, 6) is 2.78. The molecule has 3 aliphatic heterocycles. The second-order valence-corrected chi connectivity index (χ2v) is 27.7. The van der Waals surface area contributed by atoms with Crippen LogP contribution in [-0.2, 0) is 25.4 Å². The van der Waals surface area contributed by atoms with Crippen molar-refractivity contribution in [1.82, 2.24) is 14.7 Å². The van der Waals surface area contributed by atoms with Crippen LogP contribution in [0, 0.1) is 17.8 Å². The Labute approximate surface area is 602 Å². The van der Waals surface area contributed by atoms with Gasteiger partial charge in [0.15, 0.2) is 0 Å². The Morgan fingerprint density at radius 2 is 0.716 bits per heavy atom. The molecule has 4 amide bonds. The summed E-state index contributed by atoms with van der Waals surface area (Å²) < 4.78 is 58.0. The fourth-order valence-corrected chi connectivity index (χ4v) is 15.5. The van der Waals surface area contributed by atoms with Gasteiger partial charge >= 0.3 is 6.18 Å². The summed E-state index contributed by atoms with van der Waals surface area (Å²) in [7, 11) is 5.10. The number of nitrogens with zero attached hydrogens (tertiary/aromatic N) is 9. The fraction of sp³-hybridized carbons (Fsp3) is 0.506. The molecule has 18 nitrogen and oxygen atoms in total. The summed E-state index contributed by atoms with van der Waals surface area (Å²) in [6, 6.07) is 45.2. The van der Waals surface area contributed by atoms with Gasteiger partial charge in [-0.15, -0.1) is 0 Å². The molecular formula is C81H108F3N11O7. The number of halogens is 3. The quantitative estimate of drug-likeness (QED) is 0.0617. The highest BCUT2D eigenvalue weighted by Gasteiger charge is 2.38. The number of amides is 4. The maximum atomic E-state index is 13.8. The summed E-state index contributed by atoms with van der Waals surface area (Å²) >= 11 is 0. The Morgan fingerprint density at radius 1 is 0.412 bits per heavy atom. The predicted octanol–water partition coefficient (Wildman–Crippen LogP) is 13.9. The Morgan fingerprint density at radius 3 is 1.07 bits per heavy atom. The van der Waals surface area contributed by atoms with E-state index in [-0.39, 0.29) is 53.6 Å². The fourth-order valence-electron chi connectivity index (χ4n) is 15.5. The van der Waals surface area contributed by atoms with E-state index in [2.05, 4.69) is 52.9 Å². The number of nitrogen functional groups attached to an aromatic ring is 1. The van der Waals surface area contributed by atoms with Gasteiger partial charge in [0, 0.05) is 142 Å². The lowest BCUT2D eigenvalue weighted by molar-refractivity contribution is -0.137. The van der Waals surface area contributed by atoms with Gasteiger partial charge in [-0.2, -0.15) is 13.2 Å². The number of methoxy groups -OCH3 is 3. The summed E-state index contributed by atoms with van der Waals surface area (Å²) in [5.41, 5.74) is 11.9. The number of piperazine rings is 3. The van der Waals surface area contributed by atoms with E-state index >= 15 is 0 Å². The molecule has 12 rings (SSSR count). The number of carbonyl (C=O) groups is 4. The first-order chi connectivity index (χ1) is 49.6. The molecule has 0 unspecified atom stereocenters. The average Bonchev–Trinajstić information content (AvgIpc) is 0.812. The number of benzene rings is 6. The lowest BCUT2D eigenvalue weighted by Gasteiger charge is -2.38. The number of nitrogens with two attached hydrogens (primary N) is 1. The van der Waals surface area contributed by atoms with Crippen molar-refractivity contribution in [2.75, 3.05) is 180 Å². The first kappa shape index (κ1) is 76.1. The van der Waals surface area contributed by atoms with E-state index in [4.69, 9.17) is 19.9 Å². The predicted molar refractivity (Wildman–Crippen MR) is 405 cm³/mol. The molecule has 550 valence electrons. The Hall–Kier alpha value is -8.53. The highest BCUT2D eigenvalue weighted by molar-refractivity contribution is 6.02. The summed E-state index contributed by atoms with van der Waals surface area (Å²) in [6.45, 7) is 15.9. The van der Waals surface area contributed by atoms with Crippen LogP contribution in [-0.4, -0.2) is 177 Å². The minimum absolute atomic E-state index is 0.0248. The Kier molecular flexibility index (Phi) is 28.4. The number of hydrogen-bond acceptors (Lipinski definition) is 14. The van der Waals surface area contributed by atoms with Crippen molar-refractivity contribution in [2.24, 2.45) is 17.8 Å². The first-order valence-electron chi connectivity index (χ1n) is 37.2. The van der Waals surface area contributed by atoms with Gasteiger partial charge in [-0.3, -0.25) is 33.9 Å². The van der Waals surface area contributed by atoms with Crippen LogP contribution in [0.4, 0.5) is 58.7 Å². The molecule has 6 fully saturated rings. The average molecular weight is 1400 g/mol. The summed E-state index contributed by atoms with van der Waals surface area (Å²) in [4.78, 5) is 71.9. The van der Waals surface area contributed by atoms with Crippen molar-refractivity contribution in [2.45, 2.75) is 109 Å². The molecule has 0 spiro atoms. The zero-order valence-corrected chi connectivity index (χ0v) is 60.5. The number of rotatable bonds is 22. The Balaban J connectivity index is 0.000000165. The number of ether oxygens (including phenoxy) is 3. The molecule has 3 N–H and O–H groups in total. The summed E-state index contributed by atoms with van der Waals surface area (Å²) in [5, 5.41) is 2.92. The third-order valence-corrected chi connectivity index (χ3v) is 21.2. The van der Waals surface area contributed by atoms with Gasteiger partial charge in [-0.05, 0) is 111 Å². The first-order valence-corrected chi connectivity index (χ1v) is 37.2. The second kappa shape index (κ2) is 38.1. The van der Waals surface area contributed by atoms with E-state index in [1.807, 2.05) is 113 Å². The molecule has 0 bridgehead atoms. The monoisotopic (exact) mass is 1400 g/mol. The number of carbonyl (C=O) groups excluding carboxylic acids is 4. The van der Waals surface area contributed by atoms with Crippen molar-refractivity contribution < 1.29 is 46.6 Å². The van der Waals surface area contributed by atoms with Gasteiger partial charge < -0.3 is 54.7 Å². The second-order valence-electron chi connectivity index (χ2n) is 27.7. The zero-order chi connectivity index (χ0) is 71.8. The van der Waals surface area contributed by atoms with Gasteiger partial charge in [-0.25, -0.2) is 0 Å². The maximum absolute atomic E-state index is 13.8. The van der Waals surface area contributed by atoms with Crippen LogP contribution in [0.2, 0.25) is 0 Å². The smallest absolute Gasteiger partial charge is 0.418 e. The normalized spacial score (nSPS) is 17.6. The topological polar surface area (TPSA) is 163 Å². The molecule has 3 saturated carbocycles. The minimum atomic E-state index is -4.51. The van der Waals surface area contributed by atoms with E-state index in [1.165, 1.54) is 36.8 Å². The van der Waals surface area contributed by atoms with Crippen molar-refractivity contribution in [3.05, 3.63) is 151 Å². The molecule has 6 aromatic rings. The highest BCUT2D eigenvalue weighted by atomic mass is 19.4. The van der Waals surface area contributed by atoms with Crippen LogP contribution in [0.5, 0.6) is 17.2 Å². The number of alkyl halides is 3. The summed E-state index contributed by atoms with van der Waals surface area (Å²) in [6.07, 6.45) is 10.9. The van der Waals surface area contributed by atoms with Crippen molar-refractivity contribution in [3.63, 3.8) is 0 Å². The van der Waals surface area contributed by atoms with Crippen LogP contribution >= 0.6 is 0 Å². The van der Waals surface area contributed by atoms with Gasteiger partial charge in [0.25, 0.3) is 0 Å². The number of anilines is 8. The van der Waals surface area contributed by atoms with E-state index in [0.717, 1.165) is 227 Å². The van der Waals surface area contributed by atoms with Crippen LogP contribution < -0.4 is 54.7 Å². The number of nitrogens with one attached hydrogen (secondary N) is 1. The van der Waals surface area contributed by atoms with Gasteiger partial charge in [0.05, 0.1) is 72.4 Å². The SMILES string of the molecule is COc1ccccc1N1CCN(CCN(C(=O)C2CCCCC2)c2ccccc2C(F)(F)F)CC1.COc1ccccc1N1CCN(CCN(C(=O)C2CCCCC2)c2ccccc2N)CC1.COc1ccccc1N1CCN(CCN(C(=O)C2CCCCC2)c2ccccc2NC(C)=O)CC1. The van der Waals surface area contributed by atoms with Crippen LogP contribution in [0.1, 0.15) is 109 Å². The molecule has 3 aliphatic carbocycles. The van der Waals surface area contributed by atoms with Crippen LogP contribution in [0.25, 0.3) is 0 Å². The van der Waals surface area contributed by atoms with E-state index in [1.54, 1.807) is 27.4 Å². The molecule has 6 aliphatic rings. The molecule has 3 saturated heterocycles. The van der Waals surface area contributed by atoms with E-state index < -0.39 is 11.7 Å². The molecular weight excluding hydrogens is 1300 g/mol. The molecule has 0 radical (unpaired) electrons.